The minimum atomic E-state index is -0.309. The summed E-state index contributed by atoms with van der Waals surface area (Å²) in [5.41, 5.74) is 5.97. The van der Waals surface area contributed by atoms with Gasteiger partial charge in [-0.2, -0.15) is 0 Å². The Bertz CT molecular complexity index is 988. The van der Waals surface area contributed by atoms with Crippen LogP contribution in [0.25, 0.3) is 6.08 Å². The summed E-state index contributed by atoms with van der Waals surface area (Å²) in [6, 6.07) is 18.9. The van der Waals surface area contributed by atoms with Crippen LogP contribution in [0.1, 0.15) is 63.8 Å². The molecule has 0 bridgehead atoms. The van der Waals surface area contributed by atoms with E-state index in [4.69, 9.17) is 4.74 Å². The molecule has 2 aromatic rings. The van der Waals surface area contributed by atoms with Crippen LogP contribution in [0.15, 0.2) is 84.0 Å². The average Bonchev–Trinajstić information content (AvgIpc) is 3.15. The van der Waals surface area contributed by atoms with Gasteiger partial charge in [0.25, 0.3) is 0 Å². The number of hydrogen-bond acceptors (Lipinski definition) is 1. The van der Waals surface area contributed by atoms with Crippen LogP contribution in [-0.2, 0) is 18.4 Å². The Morgan fingerprint density at radius 1 is 0.912 bits per heavy atom. The molecule has 0 radical (unpaired) electrons. The zero-order valence-electron chi connectivity index (χ0n) is 22.8. The first-order valence-corrected chi connectivity index (χ1v) is 19.0. The Hall–Kier alpha value is -1.61. The standard InChI is InChI=1S/C20H30O.C9H7.C2H7Si.Ti/c1-8-16(19(2,3)4)14-17(20(5,6)7)15-21-18-12-10-9-11-13-18;1-2-5-9-7-3-6-8(9)4-1;1-3-2;/h8-14H,15H2,1-7H3;1-7H;3H,1-2H3;. The third-order valence-corrected chi connectivity index (χ3v) is 12.5. The normalized spacial score (nSPS) is 16.1. The van der Waals surface area contributed by atoms with Crippen molar-refractivity contribution in [2.45, 2.75) is 65.8 Å². The first-order valence-electron chi connectivity index (χ1n) is 12.5. The molecule has 0 fully saturated rings. The topological polar surface area (TPSA) is 9.23 Å². The molecule has 3 rings (SSSR count). The summed E-state index contributed by atoms with van der Waals surface area (Å²) in [4.78, 5) is 0. The molecular formula is C31H44OSiTi. The van der Waals surface area contributed by atoms with Crippen LogP contribution in [0, 0.1) is 10.8 Å². The maximum atomic E-state index is 5.96. The van der Waals surface area contributed by atoms with E-state index in [1.165, 1.54) is 16.7 Å². The van der Waals surface area contributed by atoms with Crippen LogP contribution in [0.2, 0.25) is 13.1 Å². The molecule has 1 unspecified atom stereocenters. The SMILES string of the molecule is CC=C(C=C(COc1ccccc1)C(C)(C)C)C(C)(C)C.C[SiH](C)[Ti][CH]1C=Cc2ccccc21. The van der Waals surface area contributed by atoms with Crippen molar-refractivity contribution in [1.29, 1.82) is 0 Å². The summed E-state index contributed by atoms with van der Waals surface area (Å²) in [5, 5.41) is 0. The van der Waals surface area contributed by atoms with Crippen molar-refractivity contribution >= 4 is 12.7 Å². The minimum absolute atomic E-state index is 0.0916. The predicted molar refractivity (Wildman–Crippen MR) is 150 cm³/mol. The second-order valence-corrected chi connectivity index (χ2v) is 21.9. The van der Waals surface area contributed by atoms with Gasteiger partial charge < -0.3 is 4.74 Å². The number of ether oxygens (including phenoxy) is 1. The molecule has 0 saturated heterocycles. The van der Waals surface area contributed by atoms with E-state index in [1.807, 2.05) is 30.3 Å². The van der Waals surface area contributed by atoms with E-state index >= 15 is 0 Å². The summed E-state index contributed by atoms with van der Waals surface area (Å²) in [5.74, 6) is 0.922. The van der Waals surface area contributed by atoms with Gasteiger partial charge in [-0.05, 0) is 41.0 Å². The third-order valence-electron chi connectivity index (χ3n) is 5.92. The van der Waals surface area contributed by atoms with Gasteiger partial charge in [0.15, 0.2) is 0 Å². The van der Waals surface area contributed by atoms with Crippen molar-refractivity contribution in [2.75, 3.05) is 6.61 Å². The molecule has 1 aliphatic carbocycles. The molecule has 1 atom stereocenters. The van der Waals surface area contributed by atoms with E-state index < -0.39 is 0 Å². The Kier molecular flexibility index (Phi) is 10.9. The van der Waals surface area contributed by atoms with Crippen LogP contribution in [0.4, 0.5) is 0 Å². The molecular weight excluding hydrogens is 464 g/mol. The molecule has 0 spiro atoms. The van der Waals surface area contributed by atoms with Crippen LogP contribution in [0.3, 0.4) is 0 Å². The molecule has 0 heterocycles. The number of para-hydroxylation sites is 1. The third kappa shape index (κ3) is 9.21. The number of rotatable bonds is 6. The molecule has 0 aromatic heterocycles. The first kappa shape index (κ1) is 28.6. The molecule has 1 nitrogen and oxygen atoms in total. The summed E-state index contributed by atoms with van der Waals surface area (Å²) in [6.07, 6.45) is 9.25. The Morgan fingerprint density at radius 3 is 2.09 bits per heavy atom. The van der Waals surface area contributed by atoms with Gasteiger partial charge in [-0.25, -0.2) is 0 Å². The Morgan fingerprint density at radius 2 is 1.53 bits per heavy atom. The molecule has 3 heteroatoms. The van der Waals surface area contributed by atoms with Crippen molar-refractivity contribution < 1.29 is 23.1 Å². The molecule has 0 saturated carbocycles. The molecule has 1 aliphatic rings. The average molecular weight is 509 g/mol. The predicted octanol–water partition coefficient (Wildman–Crippen LogP) is 8.85. The monoisotopic (exact) mass is 508 g/mol. The van der Waals surface area contributed by atoms with Gasteiger partial charge in [-0.15, -0.1) is 0 Å². The van der Waals surface area contributed by atoms with Crippen molar-refractivity contribution in [1.82, 2.24) is 0 Å². The number of benzene rings is 2. The Labute approximate surface area is 219 Å². The molecule has 182 valence electrons. The second-order valence-electron chi connectivity index (χ2n) is 11.3. The van der Waals surface area contributed by atoms with Gasteiger partial charge in [-0.1, -0.05) is 71.9 Å². The van der Waals surface area contributed by atoms with Crippen molar-refractivity contribution in [3.8, 4) is 5.75 Å². The van der Waals surface area contributed by atoms with Gasteiger partial charge in [-0.3, -0.25) is 0 Å². The summed E-state index contributed by atoms with van der Waals surface area (Å²) >= 11 is 0.290. The van der Waals surface area contributed by atoms with Crippen LogP contribution < -0.4 is 4.74 Å². The van der Waals surface area contributed by atoms with E-state index in [0.717, 1.165) is 9.97 Å². The van der Waals surface area contributed by atoms with Gasteiger partial charge in [0, 0.05) is 0 Å². The van der Waals surface area contributed by atoms with Crippen LogP contribution in [-0.4, -0.2) is 13.3 Å². The molecule has 0 amide bonds. The second kappa shape index (κ2) is 12.9. The first-order chi connectivity index (χ1) is 15.9. The van der Waals surface area contributed by atoms with Gasteiger partial charge in [0.2, 0.25) is 0 Å². The fourth-order valence-electron chi connectivity index (χ4n) is 3.83. The van der Waals surface area contributed by atoms with Crippen LogP contribution in [0.5, 0.6) is 5.75 Å². The zero-order chi connectivity index (χ0) is 25.4. The summed E-state index contributed by atoms with van der Waals surface area (Å²) in [6.45, 7) is 20.8. The fourth-order valence-corrected chi connectivity index (χ4v) is 10.1. The molecule has 0 aliphatic heterocycles. The van der Waals surface area contributed by atoms with E-state index in [-0.39, 0.29) is 17.5 Å². The molecule has 0 N–H and O–H groups in total. The number of fused-ring (bicyclic) bond motifs is 1. The van der Waals surface area contributed by atoms with Gasteiger partial charge in [0.05, 0.1) is 0 Å². The number of hydrogen-bond donors (Lipinski definition) is 0. The van der Waals surface area contributed by atoms with Gasteiger partial charge >= 0.3 is 89.9 Å². The van der Waals surface area contributed by atoms with E-state index in [9.17, 15) is 0 Å². The van der Waals surface area contributed by atoms with E-state index in [2.05, 4.69) is 110 Å². The van der Waals surface area contributed by atoms with Gasteiger partial charge in [0.1, 0.15) is 12.4 Å². The van der Waals surface area contributed by atoms with Crippen molar-refractivity contribution in [3.05, 3.63) is 95.1 Å². The van der Waals surface area contributed by atoms with Crippen molar-refractivity contribution in [3.63, 3.8) is 0 Å². The summed E-state index contributed by atoms with van der Waals surface area (Å²) in [7, 11) is 0. The van der Waals surface area contributed by atoms with Crippen LogP contribution >= 0.6 is 0 Å². The molecule has 34 heavy (non-hydrogen) atoms. The quantitative estimate of drug-likeness (QED) is 0.280. The fraction of sp³-hybridized carbons (Fsp3) is 0.419. The van der Waals surface area contributed by atoms with E-state index in [1.54, 1.807) is 5.56 Å². The van der Waals surface area contributed by atoms with E-state index in [0.29, 0.717) is 25.0 Å². The number of allylic oxidation sites excluding steroid dienone is 4. The maximum absolute atomic E-state index is 5.96. The zero-order valence-corrected chi connectivity index (χ0v) is 25.5. The molecule has 2 aromatic carbocycles. The summed E-state index contributed by atoms with van der Waals surface area (Å²) < 4.78 is 6.81. The Balaban J connectivity index is 0.000000266. The van der Waals surface area contributed by atoms with Crippen molar-refractivity contribution in [2.24, 2.45) is 10.8 Å².